The highest BCUT2D eigenvalue weighted by atomic mass is 16.6. The summed E-state index contributed by atoms with van der Waals surface area (Å²) in [4.78, 5) is 20.5. The van der Waals surface area contributed by atoms with E-state index in [-0.39, 0.29) is 22.5 Å². The van der Waals surface area contributed by atoms with E-state index in [4.69, 9.17) is 0 Å². The van der Waals surface area contributed by atoms with Crippen molar-refractivity contribution in [1.82, 2.24) is 0 Å². The molecule has 0 atom stereocenters. The Morgan fingerprint density at radius 1 is 1.17 bits per heavy atom. The van der Waals surface area contributed by atoms with Crippen LogP contribution in [0.3, 0.4) is 0 Å². The van der Waals surface area contributed by atoms with Gasteiger partial charge in [-0.1, -0.05) is 26.2 Å². The molecule has 2 rings (SSSR count). The molecule has 1 aliphatic rings. The second-order valence-electron chi connectivity index (χ2n) is 6.15. The van der Waals surface area contributed by atoms with Crippen molar-refractivity contribution in [2.24, 2.45) is 10.5 Å². The molecule has 0 bridgehead atoms. The predicted octanol–water partition coefficient (Wildman–Crippen LogP) is 4.26. The van der Waals surface area contributed by atoms with Crippen molar-refractivity contribution < 1.29 is 9.85 Å². The van der Waals surface area contributed by atoms with Gasteiger partial charge in [0.05, 0.1) is 15.9 Å². The molecule has 23 heavy (non-hydrogen) atoms. The molecule has 8 nitrogen and oxygen atoms in total. The molecule has 0 radical (unpaired) electrons. The van der Waals surface area contributed by atoms with Gasteiger partial charge in [-0.05, 0) is 25.8 Å². The zero-order valence-electron chi connectivity index (χ0n) is 13.2. The first kappa shape index (κ1) is 16.9. The Morgan fingerprint density at radius 2 is 1.83 bits per heavy atom. The lowest BCUT2D eigenvalue weighted by Gasteiger charge is -2.33. The quantitative estimate of drug-likeness (QED) is 0.495. The second-order valence-corrected chi connectivity index (χ2v) is 6.15. The summed E-state index contributed by atoms with van der Waals surface area (Å²) in [6.45, 7) is 4.06. The van der Waals surface area contributed by atoms with Gasteiger partial charge in [0.25, 0.3) is 5.69 Å². The maximum Gasteiger partial charge on any atom is 0.301 e. The summed E-state index contributed by atoms with van der Waals surface area (Å²) in [5.41, 5.74) is 3.08. The first-order valence-electron chi connectivity index (χ1n) is 7.57. The van der Waals surface area contributed by atoms with Crippen molar-refractivity contribution in [3.8, 4) is 0 Å². The van der Waals surface area contributed by atoms with E-state index in [0.717, 1.165) is 37.5 Å². The third kappa shape index (κ3) is 3.82. The predicted molar refractivity (Wildman–Crippen MR) is 87.7 cm³/mol. The highest BCUT2D eigenvalue weighted by Crippen LogP contribution is 2.37. The molecule has 1 aliphatic carbocycles. The first-order chi connectivity index (χ1) is 10.8. The second kappa shape index (κ2) is 6.72. The Kier molecular flexibility index (Phi) is 4.92. The molecule has 1 aromatic carbocycles. The number of hydrogen-bond acceptors (Lipinski definition) is 6. The molecule has 0 unspecified atom stereocenters. The number of nitrogens with one attached hydrogen (secondary N) is 1. The van der Waals surface area contributed by atoms with Gasteiger partial charge in [-0.3, -0.25) is 25.7 Å². The number of nitrogens with zero attached hydrogens (tertiary/aromatic N) is 3. The van der Waals surface area contributed by atoms with Crippen molar-refractivity contribution in [1.29, 1.82) is 0 Å². The van der Waals surface area contributed by atoms with Crippen LogP contribution in [0.4, 0.5) is 17.1 Å². The van der Waals surface area contributed by atoms with Gasteiger partial charge in [0.15, 0.2) is 0 Å². The summed E-state index contributed by atoms with van der Waals surface area (Å²) in [5.74, 6) is 0. The monoisotopic (exact) mass is 320 g/mol. The SMILES string of the molecule is CC(=NNc1ccc([N+](=O)[O-])cc1[N+](=O)[O-])C1(C)CCCCC1. The number of rotatable bonds is 5. The maximum absolute atomic E-state index is 11.1. The van der Waals surface area contributed by atoms with Gasteiger partial charge in [-0.25, -0.2) is 0 Å². The maximum atomic E-state index is 11.1. The summed E-state index contributed by atoms with van der Waals surface area (Å²) in [6.07, 6.45) is 5.63. The van der Waals surface area contributed by atoms with E-state index < -0.39 is 9.85 Å². The Labute approximate surface area is 133 Å². The van der Waals surface area contributed by atoms with Crippen molar-refractivity contribution in [3.63, 3.8) is 0 Å². The summed E-state index contributed by atoms with van der Waals surface area (Å²) in [7, 11) is 0. The summed E-state index contributed by atoms with van der Waals surface area (Å²) in [6, 6.07) is 3.48. The number of hydrazone groups is 1. The van der Waals surface area contributed by atoms with Crippen LogP contribution in [0.1, 0.15) is 46.0 Å². The molecule has 0 aliphatic heterocycles. The van der Waals surface area contributed by atoms with Crippen LogP contribution in [-0.2, 0) is 0 Å². The molecule has 0 aromatic heterocycles. The van der Waals surface area contributed by atoms with Crippen LogP contribution in [-0.4, -0.2) is 15.6 Å². The molecular formula is C15H20N4O4. The highest BCUT2D eigenvalue weighted by molar-refractivity contribution is 5.88. The normalized spacial score (nSPS) is 17.6. The van der Waals surface area contributed by atoms with Gasteiger partial charge in [-0.15, -0.1) is 0 Å². The lowest BCUT2D eigenvalue weighted by molar-refractivity contribution is -0.393. The van der Waals surface area contributed by atoms with Crippen molar-refractivity contribution in [2.75, 3.05) is 5.43 Å². The van der Waals surface area contributed by atoms with Crippen molar-refractivity contribution >= 4 is 22.8 Å². The van der Waals surface area contributed by atoms with Crippen LogP contribution < -0.4 is 5.43 Å². The molecular weight excluding hydrogens is 300 g/mol. The average Bonchev–Trinajstić information content (AvgIpc) is 2.52. The molecule has 1 saturated carbocycles. The van der Waals surface area contributed by atoms with Crippen LogP contribution in [0, 0.1) is 25.6 Å². The minimum atomic E-state index is -0.658. The fourth-order valence-electron chi connectivity index (χ4n) is 2.85. The zero-order valence-corrected chi connectivity index (χ0v) is 13.2. The van der Waals surface area contributed by atoms with E-state index in [1.54, 1.807) is 0 Å². The fraction of sp³-hybridized carbons (Fsp3) is 0.533. The molecule has 0 spiro atoms. The zero-order chi connectivity index (χ0) is 17.0. The van der Waals surface area contributed by atoms with Gasteiger partial charge in [0, 0.05) is 17.2 Å². The molecule has 1 N–H and O–H groups in total. The average molecular weight is 320 g/mol. The topological polar surface area (TPSA) is 111 Å². The number of anilines is 1. The lowest BCUT2D eigenvalue weighted by Crippen LogP contribution is -2.29. The summed E-state index contributed by atoms with van der Waals surface area (Å²) >= 11 is 0. The first-order valence-corrected chi connectivity index (χ1v) is 7.57. The number of benzene rings is 1. The summed E-state index contributed by atoms with van der Waals surface area (Å²) in [5, 5.41) is 26.1. The van der Waals surface area contributed by atoms with Crippen LogP contribution in [0.25, 0.3) is 0 Å². The van der Waals surface area contributed by atoms with Gasteiger partial charge in [0.2, 0.25) is 0 Å². The minimum Gasteiger partial charge on any atom is -0.272 e. The largest absolute Gasteiger partial charge is 0.301 e. The van der Waals surface area contributed by atoms with Gasteiger partial charge in [0.1, 0.15) is 5.69 Å². The van der Waals surface area contributed by atoms with Gasteiger partial charge >= 0.3 is 5.69 Å². The number of nitro benzene ring substituents is 2. The van der Waals surface area contributed by atoms with Crippen molar-refractivity contribution in [2.45, 2.75) is 46.0 Å². The lowest BCUT2D eigenvalue weighted by atomic mass is 9.73. The summed E-state index contributed by atoms with van der Waals surface area (Å²) < 4.78 is 0. The van der Waals surface area contributed by atoms with E-state index in [2.05, 4.69) is 17.5 Å². The van der Waals surface area contributed by atoms with Crippen molar-refractivity contribution in [3.05, 3.63) is 38.4 Å². The van der Waals surface area contributed by atoms with Crippen LogP contribution in [0.15, 0.2) is 23.3 Å². The van der Waals surface area contributed by atoms with Gasteiger partial charge < -0.3 is 0 Å². The van der Waals surface area contributed by atoms with Crippen LogP contribution in [0.5, 0.6) is 0 Å². The van der Waals surface area contributed by atoms with Crippen LogP contribution >= 0.6 is 0 Å². The number of nitro groups is 2. The van der Waals surface area contributed by atoms with E-state index in [1.807, 2.05) is 6.92 Å². The highest BCUT2D eigenvalue weighted by Gasteiger charge is 2.30. The Hall–Kier alpha value is -2.51. The molecule has 124 valence electrons. The standard InChI is InChI=1S/C15H20N4O4/c1-11(15(2)8-4-3-5-9-15)16-17-13-7-6-12(18(20)21)10-14(13)19(22)23/h6-7,10,17H,3-5,8-9H2,1-2H3. The number of non-ortho nitro benzene ring substituents is 1. The molecule has 8 heteroatoms. The minimum absolute atomic E-state index is 0.000800. The Morgan fingerprint density at radius 3 is 2.39 bits per heavy atom. The van der Waals surface area contributed by atoms with E-state index in [9.17, 15) is 20.2 Å². The third-order valence-electron chi connectivity index (χ3n) is 4.56. The fourth-order valence-corrected chi connectivity index (χ4v) is 2.85. The number of hydrogen-bond donors (Lipinski definition) is 1. The smallest absolute Gasteiger partial charge is 0.272 e. The molecule has 0 saturated heterocycles. The molecule has 1 fully saturated rings. The van der Waals surface area contributed by atoms with Gasteiger partial charge in [-0.2, -0.15) is 5.10 Å². The molecule has 1 aromatic rings. The van der Waals surface area contributed by atoms with Crippen LogP contribution in [0.2, 0.25) is 0 Å². The van der Waals surface area contributed by atoms with E-state index in [0.29, 0.717) is 0 Å². The third-order valence-corrected chi connectivity index (χ3v) is 4.56. The molecule has 0 amide bonds. The Balaban J connectivity index is 2.23. The Bertz CT molecular complexity index is 651. The van der Waals surface area contributed by atoms with E-state index in [1.165, 1.54) is 18.6 Å². The van der Waals surface area contributed by atoms with E-state index >= 15 is 0 Å². The molecule has 0 heterocycles.